The van der Waals surface area contributed by atoms with E-state index in [0.717, 1.165) is 18.6 Å². The number of hydrogen-bond donors (Lipinski definition) is 2. The number of carbonyl (C=O) groups is 1. The van der Waals surface area contributed by atoms with E-state index >= 15 is 0 Å². The first-order chi connectivity index (χ1) is 9.19. The van der Waals surface area contributed by atoms with Crippen LogP contribution in [0.15, 0.2) is 24.3 Å². The third-order valence-corrected chi connectivity index (χ3v) is 4.73. The maximum absolute atomic E-state index is 12.0. The van der Waals surface area contributed by atoms with Crippen LogP contribution in [0.1, 0.15) is 31.7 Å². The van der Waals surface area contributed by atoms with Crippen molar-refractivity contribution in [2.45, 2.75) is 43.9 Å². The van der Waals surface area contributed by atoms with Crippen LogP contribution in [0.5, 0.6) is 5.75 Å². The Labute approximate surface area is 118 Å². The summed E-state index contributed by atoms with van der Waals surface area (Å²) >= 11 is 1.98. The van der Waals surface area contributed by atoms with Crippen LogP contribution >= 0.6 is 11.8 Å². The third-order valence-electron chi connectivity index (χ3n) is 3.49. The van der Waals surface area contributed by atoms with Crippen molar-refractivity contribution in [3.05, 3.63) is 29.8 Å². The Hall–Kier alpha value is -1.16. The number of hydrogen-bond acceptors (Lipinski definition) is 3. The lowest BCUT2D eigenvalue weighted by Gasteiger charge is -2.13. The maximum atomic E-state index is 12.0. The summed E-state index contributed by atoms with van der Waals surface area (Å²) in [7, 11) is 0. The van der Waals surface area contributed by atoms with Crippen molar-refractivity contribution in [1.29, 1.82) is 0 Å². The molecule has 1 amide bonds. The number of aromatic hydroxyl groups is 1. The highest BCUT2D eigenvalue weighted by Crippen LogP contribution is 2.29. The fourth-order valence-corrected chi connectivity index (χ4v) is 3.71. The van der Waals surface area contributed by atoms with Crippen LogP contribution in [-0.4, -0.2) is 28.1 Å². The molecule has 1 fully saturated rings. The van der Waals surface area contributed by atoms with Gasteiger partial charge in [-0.15, -0.1) is 0 Å². The van der Waals surface area contributed by atoms with E-state index in [0.29, 0.717) is 16.9 Å². The Morgan fingerprint density at radius 3 is 2.95 bits per heavy atom. The van der Waals surface area contributed by atoms with Crippen molar-refractivity contribution in [2.24, 2.45) is 0 Å². The Morgan fingerprint density at radius 2 is 2.21 bits per heavy atom. The third kappa shape index (κ3) is 4.16. The summed E-state index contributed by atoms with van der Waals surface area (Å²) < 4.78 is 0. The lowest BCUT2D eigenvalue weighted by molar-refractivity contribution is -0.121. The van der Waals surface area contributed by atoms with Gasteiger partial charge in [-0.1, -0.05) is 25.1 Å². The van der Waals surface area contributed by atoms with Crippen molar-refractivity contribution in [3.63, 3.8) is 0 Å². The minimum atomic E-state index is 0.00801. The summed E-state index contributed by atoms with van der Waals surface area (Å²) in [6.45, 7) is 2.18. The molecule has 0 unspecified atom stereocenters. The van der Waals surface area contributed by atoms with E-state index in [1.807, 2.05) is 17.8 Å². The molecule has 1 aliphatic rings. The first-order valence-corrected chi connectivity index (χ1v) is 7.91. The second-order valence-electron chi connectivity index (χ2n) is 4.96. The lowest BCUT2D eigenvalue weighted by Crippen LogP contribution is -2.34. The van der Waals surface area contributed by atoms with Gasteiger partial charge >= 0.3 is 0 Å². The molecule has 19 heavy (non-hydrogen) atoms. The van der Waals surface area contributed by atoms with Crippen LogP contribution in [0, 0.1) is 0 Å². The number of rotatable bonds is 5. The predicted molar refractivity (Wildman–Crippen MR) is 79.5 cm³/mol. The highest BCUT2D eigenvalue weighted by molar-refractivity contribution is 7.99. The van der Waals surface area contributed by atoms with Gasteiger partial charge in [0.05, 0.1) is 6.42 Å². The minimum absolute atomic E-state index is 0.00801. The van der Waals surface area contributed by atoms with Crippen molar-refractivity contribution in [2.75, 3.05) is 5.75 Å². The van der Waals surface area contributed by atoms with Crippen molar-refractivity contribution in [3.8, 4) is 5.75 Å². The summed E-state index contributed by atoms with van der Waals surface area (Å²) in [6, 6.07) is 7.32. The Morgan fingerprint density at radius 1 is 1.42 bits per heavy atom. The average molecular weight is 279 g/mol. The highest BCUT2D eigenvalue weighted by atomic mass is 32.2. The number of thioether (sulfide) groups is 1. The van der Waals surface area contributed by atoms with Crippen LogP contribution in [0.4, 0.5) is 0 Å². The van der Waals surface area contributed by atoms with Gasteiger partial charge in [0.25, 0.3) is 0 Å². The molecule has 0 spiro atoms. The molecule has 0 heterocycles. The molecular formula is C15H21NO2S. The van der Waals surface area contributed by atoms with Gasteiger partial charge in [0.15, 0.2) is 0 Å². The number of phenolic OH excluding ortho intramolecular Hbond substituents is 1. The Kier molecular flexibility index (Phi) is 5.14. The van der Waals surface area contributed by atoms with Gasteiger partial charge in [-0.05, 0) is 31.1 Å². The van der Waals surface area contributed by atoms with E-state index in [1.54, 1.807) is 18.2 Å². The zero-order valence-electron chi connectivity index (χ0n) is 11.3. The first-order valence-electron chi connectivity index (χ1n) is 6.87. The van der Waals surface area contributed by atoms with Crippen molar-refractivity contribution < 1.29 is 9.90 Å². The van der Waals surface area contributed by atoms with E-state index in [4.69, 9.17) is 0 Å². The average Bonchev–Trinajstić information content (AvgIpc) is 2.80. The molecular weight excluding hydrogens is 258 g/mol. The molecule has 3 nitrogen and oxygen atoms in total. The van der Waals surface area contributed by atoms with E-state index in [9.17, 15) is 9.90 Å². The molecule has 1 aromatic carbocycles. The van der Waals surface area contributed by atoms with Crippen LogP contribution in [0.25, 0.3) is 0 Å². The molecule has 0 saturated heterocycles. The molecule has 0 radical (unpaired) electrons. The standard InChI is InChI=1S/C15H21NO2S/c1-2-19-13-8-7-12(10-13)16-15(18)9-11-5-3-4-6-14(11)17/h3-6,12-13,17H,2,7-10H2,1H3,(H,16,18)/t12-,13+/m1/s1. The quantitative estimate of drug-likeness (QED) is 0.871. The van der Waals surface area contributed by atoms with E-state index in [1.165, 1.54) is 6.42 Å². The first kappa shape index (κ1) is 14.3. The van der Waals surface area contributed by atoms with Crippen LogP contribution in [0.3, 0.4) is 0 Å². The molecule has 104 valence electrons. The topological polar surface area (TPSA) is 49.3 Å². The fraction of sp³-hybridized carbons (Fsp3) is 0.533. The molecule has 1 saturated carbocycles. The number of carbonyl (C=O) groups excluding carboxylic acids is 1. The minimum Gasteiger partial charge on any atom is -0.508 e. The van der Waals surface area contributed by atoms with Crippen molar-refractivity contribution >= 4 is 17.7 Å². The van der Waals surface area contributed by atoms with Crippen molar-refractivity contribution in [1.82, 2.24) is 5.32 Å². The second-order valence-corrected chi connectivity index (χ2v) is 6.54. The molecule has 2 atom stereocenters. The van der Waals surface area contributed by atoms with E-state index < -0.39 is 0 Å². The fourth-order valence-electron chi connectivity index (χ4n) is 2.57. The molecule has 0 aliphatic heterocycles. The van der Waals surface area contributed by atoms with E-state index in [2.05, 4.69) is 12.2 Å². The van der Waals surface area contributed by atoms with Gasteiger partial charge in [-0.3, -0.25) is 4.79 Å². The Bertz CT molecular complexity index is 436. The SMILES string of the molecule is CCS[C@H]1CC[C@@H](NC(=O)Cc2ccccc2O)C1. The molecule has 4 heteroatoms. The van der Waals surface area contributed by atoms with Gasteiger partial charge in [0.1, 0.15) is 5.75 Å². The number of phenols is 1. The van der Waals surface area contributed by atoms with Crippen LogP contribution < -0.4 is 5.32 Å². The maximum Gasteiger partial charge on any atom is 0.224 e. The van der Waals surface area contributed by atoms with E-state index in [-0.39, 0.29) is 18.1 Å². The van der Waals surface area contributed by atoms with Gasteiger partial charge in [0.2, 0.25) is 5.91 Å². The molecule has 0 bridgehead atoms. The van der Waals surface area contributed by atoms with Gasteiger partial charge in [0, 0.05) is 16.9 Å². The highest BCUT2D eigenvalue weighted by Gasteiger charge is 2.25. The molecule has 2 rings (SSSR count). The number of nitrogens with one attached hydrogen (secondary N) is 1. The smallest absolute Gasteiger partial charge is 0.224 e. The summed E-state index contributed by atoms with van der Waals surface area (Å²) in [5, 5.41) is 13.4. The normalized spacial score (nSPS) is 22.4. The molecule has 0 aromatic heterocycles. The summed E-state index contributed by atoms with van der Waals surface area (Å²) in [5.41, 5.74) is 0.692. The second kappa shape index (κ2) is 6.85. The number of amides is 1. The van der Waals surface area contributed by atoms with Crippen LogP contribution in [0.2, 0.25) is 0 Å². The number of para-hydroxylation sites is 1. The Balaban J connectivity index is 1.81. The molecule has 1 aromatic rings. The summed E-state index contributed by atoms with van der Waals surface area (Å²) in [4.78, 5) is 12.0. The lowest BCUT2D eigenvalue weighted by atomic mass is 10.1. The van der Waals surface area contributed by atoms with Crippen LogP contribution in [-0.2, 0) is 11.2 Å². The predicted octanol–water partition coefficient (Wildman–Crippen LogP) is 2.73. The monoisotopic (exact) mass is 279 g/mol. The summed E-state index contributed by atoms with van der Waals surface area (Å²) in [6.07, 6.45) is 3.60. The van der Waals surface area contributed by atoms with Gasteiger partial charge < -0.3 is 10.4 Å². The summed E-state index contributed by atoms with van der Waals surface area (Å²) in [5.74, 6) is 1.35. The largest absolute Gasteiger partial charge is 0.508 e. The number of benzene rings is 1. The molecule has 1 aliphatic carbocycles. The van der Waals surface area contributed by atoms with Gasteiger partial charge in [-0.25, -0.2) is 0 Å². The zero-order valence-corrected chi connectivity index (χ0v) is 12.1. The molecule has 2 N–H and O–H groups in total. The zero-order chi connectivity index (χ0) is 13.7. The van der Waals surface area contributed by atoms with Gasteiger partial charge in [-0.2, -0.15) is 11.8 Å².